The summed E-state index contributed by atoms with van der Waals surface area (Å²) in [7, 11) is 0. The first-order valence-electron chi connectivity index (χ1n) is 5.33. The van der Waals surface area contributed by atoms with E-state index in [4.69, 9.17) is 9.47 Å². The lowest BCUT2D eigenvalue weighted by Crippen LogP contribution is -2.02. The maximum absolute atomic E-state index is 10.7. The van der Waals surface area contributed by atoms with Crippen LogP contribution >= 0.6 is 0 Å². The summed E-state index contributed by atoms with van der Waals surface area (Å²) in [5, 5.41) is 0. The molecule has 0 aromatic heterocycles. The average Bonchev–Trinajstić information content (AvgIpc) is 2.23. The first-order chi connectivity index (χ1) is 7.97. The molecule has 0 bridgehead atoms. The van der Waals surface area contributed by atoms with E-state index in [2.05, 4.69) is 0 Å². The van der Waals surface area contributed by atoms with E-state index in [0.29, 0.717) is 0 Å². The van der Waals surface area contributed by atoms with Crippen LogP contribution in [-0.4, -0.2) is 11.9 Å². The fourth-order valence-electron chi connectivity index (χ4n) is 1.48. The van der Waals surface area contributed by atoms with Crippen molar-refractivity contribution in [3.05, 3.63) is 34.9 Å². The number of carbonyl (C=O) groups excluding carboxylic acids is 2. The Bertz CT molecular complexity index is 387. The fraction of sp³-hybridized carbons (Fsp3) is 0.385. The lowest BCUT2D eigenvalue weighted by atomic mass is 10.1. The minimum Gasteiger partial charge on any atom is -0.461 e. The molecule has 4 heteroatoms. The van der Waals surface area contributed by atoms with E-state index < -0.39 is 0 Å². The first-order valence-corrected chi connectivity index (χ1v) is 5.33. The van der Waals surface area contributed by atoms with Crippen LogP contribution in [-0.2, 0) is 32.3 Å². The van der Waals surface area contributed by atoms with Gasteiger partial charge in [-0.3, -0.25) is 9.59 Å². The molecule has 0 radical (unpaired) electrons. The van der Waals surface area contributed by atoms with Crippen LogP contribution in [0.4, 0.5) is 0 Å². The Morgan fingerprint density at radius 1 is 0.941 bits per heavy atom. The smallest absolute Gasteiger partial charge is 0.302 e. The minimum atomic E-state index is -0.312. The van der Waals surface area contributed by atoms with Crippen molar-refractivity contribution in [2.45, 2.75) is 34.0 Å². The molecule has 4 nitrogen and oxygen atoms in total. The molecule has 0 spiro atoms. The number of hydrogen-bond acceptors (Lipinski definition) is 4. The molecule has 0 amide bonds. The third-order valence-electron chi connectivity index (χ3n) is 2.08. The highest BCUT2D eigenvalue weighted by Crippen LogP contribution is 2.12. The van der Waals surface area contributed by atoms with Gasteiger partial charge in [-0.05, 0) is 24.1 Å². The van der Waals surface area contributed by atoms with Gasteiger partial charge < -0.3 is 9.47 Å². The summed E-state index contributed by atoms with van der Waals surface area (Å²) in [6.45, 7) is 5.16. The lowest BCUT2D eigenvalue weighted by molar-refractivity contribution is -0.142. The number of rotatable bonds is 4. The van der Waals surface area contributed by atoms with Crippen LogP contribution in [0, 0.1) is 6.92 Å². The lowest BCUT2D eigenvalue weighted by Gasteiger charge is -2.08. The molecule has 0 heterocycles. The van der Waals surface area contributed by atoms with Crippen LogP contribution in [0.1, 0.15) is 30.5 Å². The van der Waals surface area contributed by atoms with Crippen LogP contribution in [0.15, 0.2) is 18.2 Å². The van der Waals surface area contributed by atoms with Gasteiger partial charge in [-0.2, -0.15) is 0 Å². The molecular weight excluding hydrogens is 220 g/mol. The quantitative estimate of drug-likeness (QED) is 0.751. The Balaban J connectivity index is 2.71. The van der Waals surface area contributed by atoms with Gasteiger partial charge in [-0.25, -0.2) is 0 Å². The molecule has 92 valence electrons. The normalized spacial score (nSPS) is 9.82. The van der Waals surface area contributed by atoms with Gasteiger partial charge in [0.2, 0.25) is 0 Å². The van der Waals surface area contributed by atoms with Gasteiger partial charge in [0.05, 0.1) is 0 Å². The molecule has 0 saturated carbocycles. The molecule has 1 aromatic carbocycles. The number of carbonyl (C=O) groups is 2. The van der Waals surface area contributed by atoms with E-state index in [9.17, 15) is 9.59 Å². The topological polar surface area (TPSA) is 52.6 Å². The molecule has 0 saturated heterocycles. The largest absolute Gasteiger partial charge is 0.461 e. The van der Waals surface area contributed by atoms with Gasteiger partial charge in [0, 0.05) is 13.8 Å². The summed E-state index contributed by atoms with van der Waals surface area (Å²) >= 11 is 0. The number of hydrogen-bond donors (Lipinski definition) is 0. The average molecular weight is 236 g/mol. The van der Waals surface area contributed by atoms with Gasteiger partial charge in [0.25, 0.3) is 0 Å². The van der Waals surface area contributed by atoms with Gasteiger partial charge in [-0.1, -0.05) is 17.7 Å². The van der Waals surface area contributed by atoms with Gasteiger partial charge in [0.1, 0.15) is 13.2 Å². The van der Waals surface area contributed by atoms with Gasteiger partial charge in [-0.15, -0.1) is 0 Å². The van der Waals surface area contributed by atoms with Crippen LogP contribution in [0.3, 0.4) is 0 Å². The molecule has 1 aromatic rings. The monoisotopic (exact) mass is 236 g/mol. The molecule has 0 aliphatic carbocycles. The Morgan fingerprint density at radius 2 is 1.35 bits per heavy atom. The number of benzene rings is 1. The van der Waals surface area contributed by atoms with Crippen LogP contribution in [0.2, 0.25) is 0 Å². The van der Waals surface area contributed by atoms with Gasteiger partial charge >= 0.3 is 11.9 Å². The second kappa shape index (κ2) is 6.03. The molecule has 0 N–H and O–H groups in total. The minimum absolute atomic E-state index is 0.240. The van der Waals surface area contributed by atoms with Crippen LogP contribution in [0.5, 0.6) is 0 Å². The van der Waals surface area contributed by atoms with Crippen molar-refractivity contribution in [2.75, 3.05) is 0 Å². The van der Waals surface area contributed by atoms with E-state index in [-0.39, 0.29) is 25.2 Å². The maximum Gasteiger partial charge on any atom is 0.302 e. The Hall–Kier alpha value is -1.84. The van der Waals surface area contributed by atoms with Crippen molar-refractivity contribution in [1.82, 2.24) is 0 Å². The van der Waals surface area contributed by atoms with Crippen molar-refractivity contribution in [3.63, 3.8) is 0 Å². The van der Waals surface area contributed by atoms with E-state index in [1.807, 2.05) is 25.1 Å². The van der Waals surface area contributed by atoms with E-state index in [1.54, 1.807) is 0 Å². The highest BCUT2D eigenvalue weighted by Gasteiger charge is 2.02. The van der Waals surface area contributed by atoms with E-state index in [0.717, 1.165) is 16.7 Å². The zero-order chi connectivity index (χ0) is 12.8. The predicted octanol–water partition coefficient (Wildman–Crippen LogP) is 2.12. The molecule has 0 aliphatic rings. The van der Waals surface area contributed by atoms with Crippen molar-refractivity contribution in [3.8, 4) is 0 Å². The van der Waals surface area contributed by atoms with E-state index >= 15 is 0 Å². The molecule has 0 atom stereocenters. The summed E-state index contributed by atoms with van der Waals surface area (Å²) in [4.78, 5) is 21.4. The molecule has 17 heavy (non-hydrogen) atoms. The zero-order valence-corrected chi connectivity index (χ0v) is 10.3. The summed E-state index contributed by atoms with van der Waals surface area (Å²) in [6.07, 6.45) is 0. The van der Waals surface area contributed by atoms with E-state index in [1.165, 1.54) is 13.8 Å². The first kappa shape index (κ1) is 13.2. The SMILES string of the molecule is CC(=O)OCc1cc(C)cc(COC(C)=O)c1. The summed E-state index contributed by atoms with van der Waals surface area (Å²) in [5.74, 6) is -0.624. The standard InChI is InChI=1S/C13H16O4/c1-9-4-12(7-16-10(2)14)6-13(5-9)8-17-11(3)15/h4-6H,7-8H2,1-3H3. The highest BCUT2D eigenvalue weighted by atomic mass is 16.5. The summed E-state index contributed by atoms with van der Waals surface area (Å²) < 4.78 is 9.83. The van der Waals surface area contributed by atoms with Crippen molar-refractivity contribution < 1.29 is 19.1 Å². The number of ether oxygens (including phenoxy) is 2. The Morgan fingerprint density at radius 3 is 1.71 bits per heavy atom. The molecule has 1 rings (SSSR count). The third-order valence-corrected chi connectivity index (χ3v) is 2.08. The molecule has 0 unspecified atom stereocenters. The second-order valence-corrected chi connectivity index (χ2v) is 3.89. The summed E-state index contributed by atoms with van der Waals surface area (Å²) in [5.41, 5.74) is 2.82. The fourth-order valence-corrected chi connectivity index (χ4v) is 1.48. The van der Waals surface area contributed by atoms with Crippen LogP contribution in [0.25, 0.3) is 0 Å². The molecular formula is C13H16O4. The Labute approximate surface area is 101 Å². The molecule has 0 fully saturated rings. The maximum atomic E-state index is 10.7. The highest BCUT2D eigenvalue weighted by molar-refractivity contribution is 5.66. The van der Waals surface area contributed by atoms with Crippen molar-refractivity contribution in [2.24, 2.45) is 0 Å². The van der Waals surface area contributed by atoms with Gasteiger partial charge in [0.15, 0.2) is 0 Å². The predicted molar refractivity (Wildman–Crippen MR) is 62.1 cm³/mol. The third kappa shape index (κ3) is 5.15. The van der Waals surface area contributed by atoms with Crippen molar-refractivity contribution in [1.29, 1.82) is 0 Å². The molecule has 0 aliphatic heterocycles. The number of aryl methyl sites for hydroxylation is 1. The number of esters is 2. The second-order valence-electron chi connectivity index (χ2n) is 3.89. The summed E-state index contributed by atoms with van der Waals surface area (Å²) in [6, 6.07) is 5.72. The van der Waals surface area contributed by atoms with Crippen LogP contribution < -0.4 is 0 Å². The Kier molecular flexibility index (Phi) is 4.69. The van der Waals surface area contributed by atoms with Crippen molar-refractivity contribution >= 4 is 11.9 Å². The zero-order valence-electron chi connectivity index (χ0n) is 10.3.